The molecule has 1 aliphatic heterocycles. The molecule has 0 unspecified atom stereocenters. The van der Waals surface area contributed by atoms with Crippen LogP contribution in [0.3, 0.4) is 0 Å². The van der Waals surface area contributed by atoms with E-state index in [9.17, 15) is 18.0 Å². The van der Waals surface area contributed by atoms with Gasteiger partial charge in [0.15, 0.2) is 0 Å². The van der Waals surface area contributed by atoms with Crippen molar-refractivity contribution >= 4 is 5.91 Å². The third-order valence-electron chi connectivity index (χ3n) is 2.01. The molecule has 0 aromatic rings. The summed E-state index contributed by atoms with van der Waals surface area (Å²) in [5.74, 6) is -0.518. The molecule has 0 spiro atoms. The summed E-state index contributed by atoms with van der Waals surface area (Å²) in [4.78, 5) is 12.5. The Bertz CT molecular complexity index is 232. The summed E-state index contributed by atoms with van der Waals surface area (Å²) in [6.07, 6.45) is -4.52. The Hall–Kier alpha value is -0.820. The van der Waals surface area contributed by atoms with Gasteiger partial charge in [-0.05, 0) is 6.42 Å². The summed E-state index contributed by atoms with van der Waals surface area (Å²) >= 11 is 0. The van der Waals surface area contributed by atoms with Crippen molar-refractivity contribution in [2.24, 2.45) is 0 Å². The summed E-state index contributed by atoms with van der Waals surface area (Å²) in [5.41, 5.74) is 0. The molecule has 1 heterocycles. The Morgan fingerprint density at radius 2 is 2.20 bits per heavy atom. The predicted octanol–water partition coefficient (Wildman–Crippen LogP) is 0.159. The molecule has 1 aliphatic rings. The first kappa shape index (κ1) is 12.3. The fourth-order valence-electron chi connectivity index (χ4n) is 1.31. The van der Waals surface area contributed by atoms with Crippen molar-refractivity contribution in [2.45, 2.75) is 18.7 Å². The minimum atomic E-state index is -4.41. The van der Waals surface area contributed by atoms with Crippen LogP contribution in [0.2, 0.25) is 0 Å². The molecule has 7 heteroatoms. The van der Waals surface area contributed by atoms with Gasteiger partial charge < -0.3 is 14.7 Å². The van der Waals surface area contributed by atoms with Gasteiger partial charge in [-0.2, -0.15) is 13.2 Å². The molecule has 0 bridgehead atoms. The van der Waals surface area contributed by atoms with Gasteiger partial charge in [0.25, 0.3) is 0 Å². The van der Waals surface area contributed by atoms with E-state index in [1.54, 1.807) is 0 Å². The molecule has 0 radical (unpaired) electrons. The van der Waals surface area contributed by atoms with E-state index in [2.05, 4.69) is 4.74 Å². The van der Waals surface area contributed by atoms with Crippen molar-refractivity contribution in [3.63, 3.8) is 0 Å². The highest BCUT2D eigenvalue weighted by Gasteiger charge is 2.29. The maximum atomic E-state index is 11.7. The minimum Gasteiger partial charge on any atom is -0.391 e. The molecular formula is C8H12F3NO3. The van der Waals surface area contributed by atoms with Gasteiger partial charge in [0.1, 0.15) is 13.2 Å². The molecule has 1 saturated heterocycles. The average Bonchev–Trinajstić information content (AvgIpc) is 2.49. The largest absolute Gasteiger partial charge is 0.411 e. The van der Waals surface area contributed by atoms with Gasteiger partial charge in [0.2, 0.25) is 5.91 Å². The normalized spacial score (nSPS) is 22.1. The number of likely N-dealkylation sites (tertiary alicyclic amines) is 1. The van der Waals surface area contributed by atoms with Crippen LogP contribution >= 0.6 is 0 Å². The Balaban J connectivity index is 2.19. The van der Waals surface area contributed by atoms with E-state index in [0.29, 0.717) is 13.0 Å². The molecule has 15 heavy (non-hydrogen) atoms. The molecule has 1 fully saturated rings. The highest BCUT2D eigenvalue weighted by molar-refractivity contribution is 5.77. The van der Waals surface area contributed by atoms with Gasteiger partial charge in [0.05, 0.1) is 6.10 Å². The van der Waals surface area contributed by atoms with Gasteiger partial charge >= 0.3 is 6.18 Å². The lowest BCUT2D eigenvalue weighted by atomic mass is 10.3. The lowest BCUT2D eigenvalue weighted by Crippen LogP contribution is -2.33. The van der Waals surface area contributed by atoms with Gasteiger partial charge in [-0.25, -0.2) is 0 Å². The fraction of sp³-hybridized carbons (Fsp3) is 0.875. The molecular weight excluding hydrogens is 215 g/mol. The van der Waals surface area contributed by atoms with Crippen molar-refractivity contribution in [3.8, 4) is 0 Å². The van der Waals surface area contributed by atoms with Crippen LogP contribution in [0, 0.1) is 0 Å². The van der Waals surface area contributed by atoms with Crippen LogP contribution in [-0.2, 0) is 9.53 Å². The first-order chi connectivity index (χ1) is 6.88. The monoisotopic (exact) mass is 227 g/mol. The third kappa shape index (κ3) is 4.48. The summed E-state index contributed by atoms with van der Waals surface area (Å²) in [7, 11) is 0. The molecule has 1 rings (SSSR count). The number of alkyl halides is 3. The summed E-state index contributed by atoms with van der Waals surface area (Å²) in [5, 5.41) is 9.09. The third-order valence-corrected chi connectivity index (χ3v) is 2.01. The first-order valence-electron chi connectivity index (χ1n) is 4.49. The van der Waals surface area contributed by atoms with Gasteiger partial charge in [-0.3, -0.25) is 4.79 Å². The van der Waals surface area contributed by atoms with Gasteiger partial charge in [-0.1, -0.05) is 0 Å². The van der Waals surface area contributed by atoms with Crippen molar-refractivity contribution in [2.75, 3.05) is 26.3 Å². The van der Waals surface area contributed by atoms with Crippen LogP contribution < -0.4 is 0 Å². The zero-order chi connectivity index (χ0) is 11.5. The highest BCUT2D eigenvalue weighted by Crippen LogP contribution is 2.15. The Morgan fingerprint density at radius 1 is 1.53 bits per heavy atom. The van der Waals surface area contributed by atoms with Gasteiger partial charge in [-0.15, -0.1) is 0 Å². The highest BCUT2D eigenvalue weighted by atomic mass is 19.4. The molecule has 0 aromatic carbocycles. The van der Waals surface area contributed by atoms with Crippen LogP contribution in [0.15, 0.2) is 0 Å². The zero-order valence-electron chi connectivity index (χ0n) is 7.96. The standard InChI is InChI=1S/C8H12F3NO3/c9-8(10,11)5-15-4-7(14)12-2-1-6(13)3-12/h6,13H,1-5H2/t6-/m0/s1. The van der Waals surface area contributed by atoms with Crippen LogP contribution in [-0.4, -0.2) is 54.5 Å². The number of aliphatic hydroxyl groups excluding tert-OH is 1. The molecule has 1 amide bonds. The first-order valence-corrected chi connectivity index (χ1v) is 4.49. The Labute approximate surface area is 84.6 Å². The fourth-order valence-corrected chi connectivity index (χ4v) is 1.31. The summed E-state index contributed by atoms with van der Waals surface area (Å²) in [6.45, 7) is -1.47. The van der Waals surface area contributed by atoms with Crippen molar-refractivity contribution in [3.05, 3.63) is 0 Å². The van der Waals surface area contributed by atoms with Crippen molar-refractivity contribution < 1.29 is 27.8 Å². The van der Waals surface area contributed by atoms with E-state index in [1.165, 1.54) is 4.90 Å². The number of rotatable bonds is 3. The molecule has 0 saturated carbocycles. The topological polar surface area (TPSA) is 49.8 Å². The van der Waals surface area contributed by atoms with E-state index < -0.39 is 31.4 Å². The number of hydrogen-bond donors (Lipinski definition) is 1. The molecule has 0 aliphatic carbocycles. The minimum absolute atomic E-state index is 0.175. The van der Waals surface area contributed by atoms with Crippen LogP contribution in [0.1, 0.15) is 6.42 Å². The quantitative estimate of drug-likeness (QED) is 0.747. The number of halogens is 3. The Morgan fingerprint density at radius 3 is 2.67 bits per heavy atom. The lowest BCUT2D eigenvalue weighted by Gasteiger charge is -2.15. The van der Waals surface area contributed by atoms with Crippen LogP contribution in [0.25, 0.3) is 0 Å². The molecule has 1 N–H and O–H groups in total. The zero-order valence-corrected chi connectivity index (χ0v) is 7.96. The number of amides is 1. The SMILES string of the molecule is O=C(COCC(F)(F)F)N1CC[C@H](O)C1. The van der Waals surface area contributed by atoms with Crippen LogP contribution in [0.4, 0.5) is 13.2 Å². The number of carbonyl (C=O) groups excluding carboxylic acids is 1. The van der Waals surface area contributed by atoms with E-state index in [-0.39, 0.29) is 6.54 Å². The number of nitrogens with zero attached hydrogens (tertiary/aromatic N) is 1. The molecule has 4 nitrogen and oxygen atoms in total. The molecule has 88 valence electrons. The van der Waals surface area contributed by atoms with E-state index in [0.717, 1.165) is 0 Å². The maximum Gasteiger partial charge on any atom is 0.411 e. The van der Waals surface area contributed by atoms with Crippen molar-refractivity contribution in [1.29, 1.82) is 0 Å². The molecule has 1 atom stereocenters. The van der Waals surface area contributed by atoms with Gasteiger partial charge in [0, 0.05) is 13.1 Å². The van der Waals surface area contributed by atoms with E-state index >= 15 is 0 Å². The maximum absolute atomic E-state index is 11.7. The lowest BCUT2D eigenvalue weighted by molar-refractivity contribution is -0.177. The average molecular weight is 227 g/mol. The predicted molar refractivity (Wildman–Crippen MR) is 44.1 cm³/mol. The summed E-state index contributed by atoms with van der Waals surface area (Å²) in [6, 6.07) is 0. The van der Waals surface area contributed by atoms with E-state index in [4.69, 9.17) is 5.11 Å². The number of ether oxygens (including phenoxy) is 1. The second-order valence-electron chi connectivity index (χ2n) is 3.39. The summed E-state index contributed by atoms with van der Waals surface area (Å²) < 4.78 is 39.2. The van der Waals surface area contributed by atoms with E-state index in [1.807, 2.05) is 0 Å². The number of hydrogen-bond acceptors (Lipinski definition) is 3. The number of aliphatic hydroxyl groups is 1. The van der Waals surface area contributed by atoms with Crippen LogP contribution in [0.5, 0.6) is 0 Å². The molecule has 0 aromatic heterocycles. The smallest absolute Gasteiger partial charge is 0.391 e. The second-order valence-corrected chi connectivity index (χ2v) is 3.39. The number of β-amino-alcohol motifs (C(OH)–C–C–N with tert-alkyl or cyclic N) is 1. The second kappa shape index (κ2) is 4.80. The van der Waals surface area contributed by atoms with Crippen molar-refractivity contribution in [1.82, 2.24) is 4.90 Å². The number of carbonyl (C=O) groups is 1. The Kier molecular flexibility index (Phi) is 3.92.